The Labute approximate surface area is 187 Å². The van der Waals surface area contributed by atoms with Gasteiger partial charge in [-0.1, -0.05) is 18.2 Å². The lowest BCUT2D eigenvalue weighted by molar-refractivity contribution is -0.132. The van der Waals surface area contributed by atoms with Crippen molar-refractivity contribution in [2.45, 2.75) is 39.0 Å². The number of benzene rings is 1. The van der Waals surface area contributed by atoms with Gasteiger partial charge in [0.25, 0.3) is 5.91 Å². The molecule has 32 heavy (non-hydrogen) atoms. The molecule has 1 aromatic heterocycles. The normalized spacial score (nSPS) is 17.3. The van der Waals surface area contributed by atoms with Crippen LogP contribution in [0.4, 0.5) is 5.82 Å². The maximum Gasteiger partial charge on any atom is 0.270 e. The molecule has 3 N–H and O–H groups in total. The summed E-state index contributed by atoms with van der Waals surface area (Å²) in [5.74, 6) is 0.239. The van der Waals surface area contributed by atoms with E-state index in [2.05, 4.69) is 50.6 Å². The van der Waals surface area contributed by atoms with Crippen molar-refractivity contribution in [3.8, 4) is 0 Å². The second-order valence-corrected chi connectivity index (χ2v) is 8.62. The predicted molar refractivity (Wildman–Crippen MR) is 120 cm³/mol. The summed E-state index contributed by atoms with van der Waals surface area (Å²) in [6, 6.07) is 8.09. The van der Waals surface area contributed by atoms with E-state index in [0.717, 1.165) is 19.5 Å². The number of nitrogens with zero attached hydrogens (tertiary/aromatic N) is 4. The van der Waals surface area contributed by atoms with E-state index in [9.17, 15) is 14.7 Å². The molecule has 1 aromatic carbocycles. The Kier molecular flexibility index (Phi) is 6.66. The van der Waals surface area contributed by atoms with Gasteiger partial charge in [0.05, 0.1) is 12.1 Å². The zero-order valence-corrected chi connectivity index (χ0v) is 18.5. The number of aliphatic hydroxyl groups excluding tert-OH is 1. The van der Waals surface area contributed by atoms with Gasteiger partial charge in [-0.3, -0.25) is 14.5 Å². The number of aliphatic hydroxyl groups is 1. The van der Waals surface area contributed by atoms with Gasteiger partial charge in [0, 0.05) is 52.3 Å². The average molecular weight is 439 g/mol. The lowest BCUT2D eigenvalue weighted by atomic mass is 9.95. The molecule has 0 bridgehead atoms. The van der Waals surface area contributed by atoms with Gasteiger partial charge in [0.2, 0.25) is 5.91 Å². The van der Waals surface area contributed by atoms with E-state index in [1.54, 1.807) is 17.9 Å². The van der Waals surface area contributed by atoms with Crippen molar-refractivity contribution in [2.24, 2.45) is 0 Å². The number of rotatable bonds is 7. The number of fused-ring (bicyclic) bond motifs is 1. The topological polar surface area (TPSA) is 111 Å². The Balaban J connectivity index is 1.24. The van der Waals surface area contributed by atoms with Crippen LogP contribution in [0, 0.1) is 6.92 Å². The number of β-amino-alcohol motifs (C(OH)–C–C–N with tert-alkyl or cyclic N) is 1. The van der Waals surface area contributed by atoms with E-state index in [1.165, 1.54) is 23.0 Å². The fraction of sp³-hybridized carbons (Fsp3) is 0.478. The molecule has 1 saturated heterocycles. The number of anilines is 1. The molecule has 9 heteroatoms. The highest BCUT2D eigenvalue weighted by Gasteiger charge is 2.28. The SMILES string of the molecule is CC(=O)N1CC(Nc2cc(C(=O)NCC(O)CN3CCc4cccc(C)c4C3)ncn2)C1. The molecule has 1 atom stereocenters. The molecule has 0 spiro atoms. The van der Waals surface area contributed by atoms with Crippen LogP contribution in [0.25, 0.3) is 0 Å². The van der Waals surface area contributed by atoms with Gasteiger partial charge >= 0.3 is 0 Å². The number of hydrogen-bond acceptors (Lipinski definition) is 7. The third-order valence-electron chi connectivity index (χ3n) is 6.13. The largest absolute Gasteiger partial charge is 0.390 e. The van der Waals surface area contributed by atoms with Gasteiger partial charge in [0.1, 0.15) is 17.8 Å². The van der Waals surface area contributed by atoms with Crippen LogP contribution in [0.15, 0.2) is 30.6 Å². The zero-order chi connectivity index (χ0) is 22.7. The van der Waals surface area contributed by atoms with Crippen molar-refractivity contribution in [1.82, 2.24) is 25.1 Å². The first kappa shape index (κ1) is 22.2. The molecular weight excluding hydrogens is 408 g/mol. The fourth-order valence-corrected chi connectivity index (χ4v) is 4.22. The van der Waals surface area contributed by atoms with Crippen molar-refractivity contribution in [2.75, 3.05) is 38.0 Å². The first-order chi connectivity index (χ1) is 15.4. The maximum absolute atomic E-state index is 12.5. The molecule has 170 valence electrons. The molecule has 1 unspecified atom stereocenters. The summed E-state index contributed by atoms with van der Waals surface area (Å²) in [4.78, 5) is 35.9. The fourth-order valence-electron chi connectivity index (χ4n) is 4.22. The van der Waals surface area contributed by atoms with E-state index in [0.29, 0.717) is 25.5 Å². The number of nitrogens with one attached hydrogen (secondary N) is 2. The highest BCUT2D eigenvalue weighted by Crippen LogP contribution is 2.22. The van der Waals surface area contributed by atoms with Gasteiger partial charge < -0.3 is 20.6 Å². The van der Waals surface area contributed by atoms with E-state index < -0.39 is 6.10 Å². The van der Waals surface area contributed by atoms with Crippen LogP contribution < -0.4 is 10.6 Å². The van der Waals surface area contributed by atoms with Crippen LogP contribution in [0.1, 0.15) is 34.1 Å². The third kappa shape index (κ3) is 5.23. The number of carbonyl (C=O) groups is 2. The number of amides is 2. The van der Waals surface area contributed by atoms with E-state index >= 15 is 0 Å². The average Bonchev–Trinajstić information content (AvgIpc) is 2.75. The number of aromatic nitrogens is 2. The molecule has 1 fully saturated rings. The highest BCUT2D eigenvalue weighted by atomic mass is 16.3. The second-order valence-electron chi connectivity index (χ2n) is 8.62. The third-order valence-corrected chi connectivity index (χ3v) is 6.13. The molecule has 0 saturated carbocycles. The Morgan fingerprint density at radius 2 is 2.09 bits per heavy atom. The van der Waals surface area contributed by atoms with Crippen LogP contribution in [0.3, 0.4) is 0 Å². The molecule has 9 nitrogen and oxygen atoms in total. The molecule has 0 radical (unpaired) electrons. The Bertz CT molecular complexity index is 991. The molecule has 2 aliphatic rings. The van der Waals surface area contributed by atoms with E-state index in [4.69, 9.17) is 0 Å². The minimum Gasteiger partial charge on any atom is -0.390 e. The van der Waals surface area contributed by atoms with Crippen molar-refractivity contribution in [3.63, 3.8) is 0 Å². The predicted octanol–water partition coefficient (Wildman–Crippen LogP) is 0.577. The summed E-state index contributed by atoms with van der Waals surface area (Å²) in [6.45, 7) is 7.26. The number of hydrogen-bond donors (Lipinski definition) is 3. The van der Waals surface area contributed by atoms with Gasteiger partial charge in [-0.2, -0.15) is 0 Å². The van der Waals surface area contributed by atoms with Crippen LogP contribution in [0.5, 0.6) is 0 Å². The lowest BCUT2D eigenvalue weighted by Crippen LogP contribution is -2.56. The number of likely N-dealkylation sites (tertiary alicyclic amines) is 1. The van der Waals surface area contributed by atoms with Gasteiger partial charge in [-0.15, -0.1) is 0 Å². The molecule has 2 amide bonds. The Morgan fingerprint density at radius 1 is 1.28 bits per heavy atom. The van der Waals surface area contributed by atoms with Crippen LogP contribution >= 0.6 is 0 Å². The molecular formula is C23H30N6O3. The number of aryl methyl sites for hydroxylation is 1. The van der Waals surface area contributed by atoms with Crippen molar-refractivity contribution in [1.29, 1.82) is 0 Å². The maximum atomic E-state index is 12.5. The Hall–Kier alpha value is -3.04. The summed E-state index contributed by atoms with van der Waals surface area (Å²) in [7, 11) is 0. The summed E-state index contributed by atoms with van der Waals surface area (Å²) in [6.07, 6.45) is 1.64. The molecule has 3 heterocycles. The minimum atomic E-state index is -0.670. The van der Waals surface area contributed by atoms with Crippen LogP contribution in [-0.2, 0) is 17.8 Å². The van der Waals surface area contributed by atoms with Crippen LogP contribution in [-0.4, -0.2) is 81.6 Å². The number of carbonyl (C=O) groups excluding carboxylic acids is 2. The van der Waals surface area contributed by atoms with Crippen LogP contribution in [0.2, 0.25) is 0 Å². The smallest absolute Gasteiger partial charge is 0.270 e. The van der Waals surface area contributed by atoms with E-state index in [-0.39, 0.29) is 30.1 Å². The van der Waals surface area contributed by atoms with Crippen molar-refractivity contribution in [3.05, 3.63) is 53.0 Å². The lowest BCUT2D eigenvalue weighted by Gasteiger charge is -2.39. The van der Waals surface area contributed by atoms with Gasteiger partial charge in [-0.25, -0.2) is 9.97 Å². The van der Waals surface area contributed by atoms with Crippen molar-refractivity contribution < 1.29 is 14.7 Å². The standard InChI is InChI=1S/C23H30N6O3/c1-15-4-3-5-17-6-7-28(13-20(15)17)12-19(31)9-24-23(32)21-8-22(26-14-25-21)27-18-10-29(11-18)16(2)30/h3-5,8,14,18-19,31H,6-7,9-13H2,1-2H3,(H,24,32)(H,25,26,27). The summed E-state index contributed by atoms with van der Waals surface area (Å²) in [5.41, 5.74) is 4.24. The molecule has 2 aromatic rings. The summed E-state index contributed by atoms with van der Waals surface area (Å²) < 4.78 is 0. The molecule has 4 rings (SSSR count). The molecule has 2 aliphatic heterocycles. The molecule has 0 aliphatic carbocycles. The van der Waals surface area contributed by atoms with Crippen molar-refractivity contribution >= 4 is 17.6 Å². The highest BCUT2D eigenvalue weighted by molar-refractivity contribution is 5.92. The first-order valence-corrected chi connectivity index (χ1v) is 11.0. The minimum absolute atomic E-state index is 0.0493. The van der Waals surface area contributed by atoms with Gasteiger partial charge in [0.15, 0.2) is 0 Å². The summed E-state index contributed by atoms with van der Waals surface area (Å²) in [5, 5.41) is 16.4. The van der Waals surface area contributed by atoms with E-state index in [1.807, 2.05) is 0 Å². The second kappa shape index (κ2) is 9.62. The summed E-state index contributed by atoms with van der Waals surface area (Å²) >= 11 is 0. The van der Waals surface area contributed by atoms with Gasteiger partial charge in [-0.05, 0) is 30.0 Å². The first-order valence-electron chi connectivity index (χ1n) is 11.0. The zero-order valence-electron chi connectivity index (χ0n) is 18.5. The monoisotopic (exact) mass is 438 g/mol. The quantitative estimate of drug-likeness (QED) is 0.580. The Morgan fingerprint density at radius 3 is 2.88 bits per heavy atom.